The van der Waals surface area contributed by atoms with Gasteiger partial charge in [-0.3, -0.25) is 4.90 Å². The highest BCUT2D eigenvalue weighted by atomic mass is 35.5. The molecule has 1 heterocycles. The van der Waals surface area contributed by atoms with Crippen molar-refractivity contribution in [2.45, 2.75) is 25.3 Å². The maximum Gasteiger partial charge on any atom is 0.119 e. The molecule has 2 aliphatic rings. The van der Waals surface area contributed by atoms with E-state index in [-0.39, 0.29) is 12.4 Å². The van der Waals surface area contributed by atoms with Gasteiger partial charge in [0, 0.05) is 25.7 Å². The van der Waals surface area contributed by atoms with Crippen LogP contribution in [0.1, 0.15) is 19.3 Å². The topological polar surface area (TPSA) is 47.7 Å². The Morgan fingerprint density at radius 1 is 1.14 bits per heavy atom. The summed E-state index contributed by atoms with van der Waals surface area (Å²) < 4.78 is 11.0. The molecule has 22 heavy (non-hydrogen) atoms. The number of rotatable bonds is 5. The number of benzene rings is 1. The maximum absolute atomic E-state index is 6.26. The third-order valence-electron chi connectivity index (χ3n) is 4.97. The Bertz CT molecular complexity index is 454. The van der Waals surface area contributed by atoms with Gasteiger partial charge in [-0.05, 0) is 48.9 Å². The first-order chi connectivity index (χ1) is 10.3. The van der Waals surface area contributed by atoms with Crippen LogP contribution in [0.4, 0.5) is 0 Å². The van der Waals surface area contributed by atoms with Crippen molar-refractivity contribution in [3.05, 3.63) is 24.3 Å². The van der Waals surface area contributed by atoms with Crippen molar-refractivity contribution in [3.63, 3.8) is 0 Å². The molecule has 0 aromatic heterocycles. The lowest BCUT2D eigenvalue weighted by molar-refractivity contribution is 0.229. The Morgan fingerprint density at radius 3 is 2.55 bits per heavy atom. The number of fused-ring (bicyclic) bond motifs is 1. The summed E-state index contributed by atoms with van der Waals surface area (Å²) in [7, 11) is 1.67. The number of methoxy groups -OCH3 is 1. The standard InChI is InChI=1S/C17H26N2O2.ClH/c1-20-14-5-7-15(8-6-14)21-10-9-19-11-13-3-2-4-17(18)16(13)12-19;/h5-8,13,16-17H,2-4,9-12,18H2,1H3;1H. The van der Waals surface area contributed by atoms with Gasteiger partial charge in [0.2, 0.25) is 0 Å². The molecule has 3 unspecified atom stereocenters. The fraction of sp³-hybridized carbons (Fsp3) is 0.647. The molecule has 0 spiro atoms. The highest BCUT2D eigenvalue weighted by molar-refractivity contribution is 5.85. The van der Waals surface area contributed by atoms with E-state index >= 15 is 0 Å². The molecular weight excluding hydrogens is 300 g/mol. The summed E-state index contributed by atoms with van der Waals surface area (Å²) in [6, 6.07) is 8.19. The fourth-order valence-corrected chi connectivity index (χ4v) is 3.76. The van der Waals surface area contributed by atoms with E-state index in [9.17, 15) is 0 Å². The van der Waals surface area contributed by atoms with Crippen molar-refractivity contribution in [2.24, 2.45) is 17.6 Å². The molecule has 2 N–H and O–H groups in total. The molecule has 0 radical (unpaired) electrons. The Morgan fingerprint density at radius 2 is 1.86 bits per heavy atom. The Balaban J connectivity index is 0.00000176. The van der Waals surface area contributed by atoms with Crippen molar-refractivity contribution < 1.29 is 9.47 Å². The van der Waals surface area contributed by atoms with Crippen LogP contribution in [0.25, 0.3) is 0 Å². The van der Waals surface area contributed by atoms with Crippen LogP contribution in [0.2, 0.25) is 0 Å². The molecule has 124 valence electrons. The molecule has 1 aliphatic carbocycles. The molecule has 1 saturated carbocycles. The Labute approximate surface area is 139 Å². The molecule has 1 aliphatic heterocycles. The molecule has 0 amide bonds. The number of likely N-dealkylation sites (tertiary alicyclic amines) is 1. The zero-order chi connectivity index (χ0) is 14.7. The van der Waals surface area contributed by atoms with Gasteiger partial charge >= 0.3 is 0 Å². The van der Waals surface area contributed by atoms with E-state index in [1.807, 2.05) is 24.3 Å². The second kappa shape index (κ2) is 8.04. The number of hydrogen-bond donors (Lipinski definition) is 1. The highest BCUT2D eigenvalue weighted by Crippen LogP contribution is 2.35. The van der Waals surface area contributed by atoms with Crippen molar-refractivity contribution in [1.29, 1.82) is 0 Å². The largest absolute Gasteiger partial charge is 0.497 e. The van der Waals surface area contributed by atoms with Crippen LogP contribution >= 0.6 is 12.4 Å². The lowest BCUT2D eigenvalue weighted by atomic mass is 9.78. The van der Waals surface area contributed by atoms with Crippen molar-refractivity contribution in [1.82, 2.24) is 4.90 Å². The normalized spacial score (nSPS) is 27.8. The van der Waals surface area contributed by atoms with Gasteiger partial charge in [0.15, 0.2) is 0 Å². The second-order valence-electron chi connectivity index (χ2n) is 6.30. The van der Waals surface area contributed by atoms with Crippen LogP contribution in [0.3, 0.4) is 0 Å². The zero-order valence-electron chi connectivity index (χ0n) is 13.2. The molecular formula is C17H27ClN2O2. The van der Waals surface area contributed by atoms with Crippen LogP contribution in [0, 0.1) is 11.8 Å². The predicted octanol–water partition coefficient (Wildman–Crippen LogP) is 2.56. The van der Waals surface area contributed by atoms with Crippen LogP contribution in [-0.4, -0.2) is 44.3 Å². The minimum atomic E-state index is 0. The highest BCUT2D eigenvalue weighted by Gasteiger charge is 2.38. The SMILES string of the molecule is COc1ccc(OCCN2CC3CCCC(N)C3C2)cc1.Cl. The molecule has 1 saturated heterocycles. The molecule has 4 nitrogen and oxygen atoms in total. The smallest absolute Gasteiger partial charge is 0.119 e. The fourth-order valence-electron chi connectivity index (χ4n) is 3.76. The third-order valence-corrected chi connectivity index (χ3v) is 4.97. The third kappa shape index (κ3) is 4.06. The van der Waals surface area contributed by atoms with Gasteiger partial charge in [-0.2, -0.15) is 0 Å². The monoisotopic (exact) mass is 326 g/mol. The molecule has 3 rings (SSSR count). The van der Waals surface area contributed by atoms with E-state index in [2.05, 4.69) is 4.90 Å². The minimum Gasteiger partial charge on any atom is -0.497 e. The quantitative estimate of drug-likeness (QED) is 0.903. The van der Waals surface area contributed by atoms with Gasteiger partial charge in [-0.25, -0.2) is 0 Å². The lowest BCUT2D eigenvalue weighted by Crippen LogP contribution is -2.38. The van der Waals surface area contributed by atoms with Gasteiger partial charge in [0.25, 0.3) is 0 Å². The van der Waals surface area contributed by atoms with Gasteiger partial charge in [-0.15, -0.1) is 12.4 Å². The lowest BCUT2D eigenvalue weighted by Gasteiger charge is -2.29. The number of nitrogens with zero attached hydrogens (tertiary/aromatic N) is 1. The Hall–Kier alpha value is -0.970. The van der Waals surface area contributed by atoms with Crippen LogP contribution in [0.15, 0.2) is 24.3 Å². The maximum atomic E-state index is 6.26. The summed E-state index contributed by atoms with van der Waals surface area (Å²) in [4.78, 5) is 2.52. The number of ether oxygens (including phenoxy) is 2. The summed E-state index contributed by atoms with van der Waals surface area (Å²) in [5.74, 6) is 3.29. The molecule has 1 aromatic carbocycles. The summed E-state index contributed by atoms with van der Waals surface area (Å²) in [6.45, 7) is 4.08. The summed E-state index contributed by atoms with van der Waals surface area (Å²) in [6.07, 6.45) is 3.87. The zero-order valence-corrected chi connectivity index (χ0v) is 14.1. The first kappa shape index (κ1) is 17.4. The molecule has 5 heteroatoms. The van der Waals surface area contributed by atoms with Crippen molar-refractivity contribution in [2.75, 3.05) is 33.4 Å². The molecule has 0 bridgehead atoms. The van der Waals surface area contributed by atoms with Gasteiger partial charge in [0.1, 0.15) is 18.1 Å². The van der Waals surface area contributed by atoms with Crippen LogP contribution < -0.4 is 15.2 Å². The minimum absolute atomic E-state index is 0. The molecule has 1 aromatic rings. The first-order valence-electron chi connectivity index (χ1n) is 8.01. The van der Waals surface area contributed by atoms with E-state index in [1.54, 1.807) is 7.11 Å². The van der Waals surface area contributed by atoms with E-state index in [0.717, 1.165) is 37.1 Å². The summed E-state index contributed by atoms with van der Waals surface area (Å²) in [5, 5.41) is 0. The van der Waals surface area contributed by atoms with Crippen LogP contribution in [-0.2, 0) is 0 Å². The van der Waals surface area contributed by atoms with Crippen molar-refractivity contribution >= 4 is 12.4 Å². The number of hydrogen-bond acceptors (Lipinski definition) is 4. The number of nitrogens with two attached hydrogens (primary N) is 1. The molecule has 3 atom stereocenters. The average Bonchev–Trinajstić information content (AvgIpc) is 2.92. The number of halogens is 1. The second-order valence-corrected chi connectivity index (χ2v) is 6.30. The van der Waals surface area contributed by atoms with Crippen molar-refractivity contribution in [3.8, 4) is 11.5 Å². The molecule has 2 fully saturated rings. The van der Waals surface area contributed by atoms with Gasteiger partial charge in [0.05, 0.1) is 7.11 Å². The van der Waals surface area contributed by atoms with E-state index in [0.29, 0.717) is 12.0 Å². The summed E-state index contributed by atoms with van der Waals surface area (Å²) >= 11 is 0. The Kier molecular flexibility index (Phi) is 6.36. The average molecular weight is 327 g/mol. The van der Waals surface area contributed by atoms with E-state index in [1.165, 1.54) is 25.8 Å². The predicted molar refractivity (Wildman–Crippen MR) is 91.0 cm³/mol. The van der Waals surface area contributed by atoms with Gasteiger partial charge < -0.3 is 15.2 Å². The first-order valence-corrected chi connectivity index (χ1v) is 8.01. The summed E-state index contributed by atoms with van der Waals surface area (Å²) in [5.41, 5.74) is 6.26. The van der Waals surface area contributed by atoms with E-state index < -0.39 is 0 Å². The van der Waals surface area contributed by atoms with Crippen LogP contribution in [0.5, 0.6) is 11.5 Å². The van der Waals surface area contributed by atoms with E-state index in [4.69, 9.17) is 15.2 Å². The van der Waals surface area contributed by atoms with Gasteiger partial charge in [-0.1, -0.05) is 6.42 Å².